The van der Waals surface area contributed by atoms with Gasteiger partial charge in [0.15, 0.2) is 0 Å². The summed E-state index contributed by atoms with van der Waals surface area (Å²) in [6, 6.07) is 0. The molecule has 0 aromatic carbocycles. The summed E-state index contributed by atoms with van der Waals surface area (Å²) >= 11 is 0. The summed E-state index contributed by atoms with van der Waals surface area (Å²) in [6.07, 6.45) is 3.76. The summed E-state index contributed by atoms with van der Waals surface area (Å²) < 4.78 is 0. The minimum Gasteiger partial charge on any atom is -0.481 e. The number of piperidine rings is 1. The average molecular weight is 270 g/mol. The van der Waals surface area contributed by atoms with Crippen LogP contribution in [-0.4, -0.2) is 36.6 Å². The molecule has 0 saturated carbocycles. The van der Waals surface area contributed by atoms with Gasteiger partial charge in [0.25, 0.3) is 0 Å². The van der Waals surface area contributed by atoms with Gasteiger partial charge < -0.3 is 15.7 Å². The molecular formula is C14H26N2O3. The molecule has 1 amide bonds. The van der Waals surface area contributed by atoms with Crippen molar-refractivity contribution < 1.29 is 14.7 Å². The van der Waals surface area contributed by atoms with E-state index in [-0.39, 0.29) is 23.7 Å². The van der Waals surface area contributed by atoms with E-state index in [1.165, 1.54) is 0 Å². The van der Waals surface area contributed by atoms with E-state index < -0.39 is 5.97 Å². The monoisotopic (exact) mass is 270 g/mol. The van der Waals surface area contributed by atoms with Gasteiger partial charge in [0.05, 0.1) is 5.41 Å². The SMILES string of the molecule is CCCC1(C(=O)NCC(C)CC(=O)O)CCNCC1. The normalized spacial score (nSPS) is 19.7. The van der Waals surface area contributed by atoms with Gasteiger partial charge in [-0.25, -0.2) is 0 Å². The lowest BCUT2D eigenvalue weighted by molar-refractivity contribution is -0.138. The zero-order valence-electron chi connectivity index (χ0n) is 12.0. The summed E-state index contributed by atoms with van der Waals surface area (Å²) in [6.45, 7) is 6.17. The number of hydrogen-bond donors (Lipinski definition) is 3. The molecule has 5 nitrogen and oxygen atoms in total. The largest absolute Gasteiger partial charge is 0.481 e. The Kier molecular flexibility index (Phi) is 6.28. The number of rotatable bonds is 7. The molecule has 1 fully saturated rings. The van der Waals surface area contributed by atoms with Gasteiger partial charge in [-0.3, -0.25) is 9.59 Å². The number of hydrogen-bond acceptors (Lipinski definition) is 3. The molecule has 110 valence electrons. The fourth-order valence-corrected chi connectivity index (χ4v) is 2.80. The highest BCUT2D eigenvalue weighted by Crippen LogP contribution is 2.34. The van der Waals surface area contributed by atoms with Crippen molar-refractivity contribution in [3.63, 3.8) is 0 Å². The van der Waals surface area contributed by atoms with Crippen LogP contribution in [0, 0.1) is 11.3 Å². The molecule has 3 N–H and O–H groups in total. The Morgan fingerprint density at radius 3 is 2.53 bits per heavy atom. The van der Waals surface area contributed by atoms with Crippen LogP contribution >= 0.6 is 0 Å². The van der Waals surface area contributed by atoms with Crippen molar-refractivity contribution in [2.24, 2.45) is 11.3 Å². The van der Waals surface area contributed by atoms with Crippen LogP contribution < -0.4 is 10.6 Å². The second-order valence-corrected chi connectivity index (χ2v) is 5.69. The molecule has 19 heavy (non-hydrogen) atoms. The van der Waals surface area contributed by atoms with E-state index in [4.69, 9.17) is 5.11 Å². The lowest BCUT2D eigenvalue weighted by Crippen LogP contribution is -2.48. The number of carboxylic acid groups (broad SMARTS) is 1. The molecule has 1 aliphatic rings. The molecule has 0 bridgehead atoms. The summed E-state index contributed by atoms with van der Waals surface area (Å²) in [5.41, 5.74) is -0.247. The first kappa shape index (κ1) is 16.0. The zero-order valence-corrected chi connectivity index (χ0v) is 12.0. The van der Waals surface area contributed by atoms with Crippen LogP contribution in [0.3, 0.4) is 0 Å². The molecule has 1 heterocycles. The topological polar surface area (TPSA) is 78.4 Å². The Hall–Kier alpha value is -1.10. The molecule has 0 aliphatic carbocycles. The Balaban J connectivity index is 2.50. The Bertz CT molecular complexity index is 306. The van der Waals surface area contributed by atoms with E-state index in [0.717, 1.165) is 38.8 Å². The molecule has 0 spiro atoms. The third-order valence-electron chi connectivity index (χ3n) is 3.91. The third kappa shape index (κ3) is 4.82. The number of nitrogens with one attached hydrogen (secondary N) is 2. The summed E-state index contributed by atoms with van der Waals surface area (Å²) in [5, 5.41) is 15.0. The van der Waals surface area contributed by atoms with Crippen molar-refractivity contribution in [2.75, 3.05) is 19.6 Å². The first-order valence-corrected chi connectivity index (χ1v) is 7.21. The Morgan fingerprint density at radius 2 is 2.00 bits per heavy atom. The molecule has 1 rings (SSSR count). The van der Waals surface area contributed by atoms with Crippen molar-refractivity contribution in [1.82, 2.24) is 10.6 Å². The predicted octanol–water partition coefficient (Wildman–Crippen LogP) is 1.38. The van der Waals surface area contributed by atoms with Gasteiger partial charge in [0.2, 0.25) is 5.91 Å². The van der Waals surface area contributed by atoms with Gasteiger partial charge >= 0.3 is 5.97 Å². The highest BCUT2D eigenvalue weighted by Gasteiger charge is 2.38. The van der Waals surface area contributed by atoms with Crippen LogP contribution in [-0.2, 0) is 9.59 Å². The van der Waals surface area contributed by atoms with Crippen molar-refractivity contribution >= 4 is 11.9 Å². The maximum Gasteiger partial charge on any atom is 0.303 e. The lowest BCUT2D eigenvalue weighted by Gasteiger charge is -2.36. The summed E-state index contributed by atoms with van der Waals surface area (Å²) in [5.74, 6) is -0.734. The molecule has 1 unspecified atom stereocenters. The van der Waals surface area contributed by atoms with E-state index in [1.54, 1.807) is 0 Å². The molecule has 1 aliphatic heterocycles. The maximum absolute atomic E-state index is 12.4. The number of carbonyl (C=O) groups excluding carboxylic acids is 1. The van der Waals surface area contributed by atoms with Gasteiger partial charge in [0, 0.05) is 13.0 Å². The summed E-state index contributed by atoms with van der Waals surface area (Å²) in [7, 11) is 0. The van der Waals surface area contributed by atoms with Gasteiger partial charge in [0.1, 0.15) is 0 Å². The van der Waals surface area contributed by atoms with Gasteiger partial charge in [-0.1, -0.05) is 20.3 Å². The van der Waals surface area contributed by atoms with Crippen LogP contribution in [0.1, 0.15) is 46.0 Å². The zero-order chi connectivity index (χ0) is 14.3. The maximum atomic E-state index is 12.4. The first-order valence-electron chi connectivity index (χ1n) is 7.21. The second kappa shape index (κ2) is 7.48. The van der Waals surface area contributed by atoms with Crippen molar-refractivity contribution in [3.8, 4) is 0 Å². The van der Waals surface area contributed by atoms with Crippen LogP contribution in [0.25, 0.3) is 0 Å². The Morgan fingerprint density at radius 1 is 1.37 bits per heavy atom. The molecule has 1 saturated heterocycles. The van der Waals surface area contributed by atoms with Crippen LogP contribution in [0.5, 0.6) is 0 Å². The fourth-order valence-electron chi connectivity index (χ4n) is 2.80. The van der Waals surface area contributed by atoms with Crippen molar-refractivity contribution in [2.45, 2.75) is 46.0 Å². The van der Waals surface area contributed by atoms with E-state index in [9.17, 15) is 9.59 Å². The van der Waals surface area contributed by atoms with Crippen LogP contribution in [0.2, 0.25) is 0 Å². The van der Waals surface area contributed by atoms with Gasteiger partial charge in [-0.05, 0) is 38.3 Å². The first-order chi connectivity index (χ1) is 9.00. The van der Waals surface area contributed by atoms with E-state index in [1.807, 2.05) is 6.92 Å². The van der Waals surface area contributed by atoms with Gasteiger partial charge in [-0.15, -0.1) is 0 Å². The highest BCUT2D eigenvalue weighted by molar-refractivity contribution is 5.82. The number of amides is 1. The number of carbonyl (C=O) groups is 2. The molecule has 0 radical (unpaired) electrons. The predicted molar refractivity (Wildman–Crippen MR) is 73.9 cm³/mol. The van der Waals surface area contributed by atoms with Crippen molar-refractivity contribution in [1.29, 1.82) is 0 Å². The smallest absolute Gasteiger partial charge is 0.303 e. The quantitative estimate of drug-likeness (QED) is 0.653. The summed E-state index contributed by atoms with van der Waals surface area (Å²) in [4.78, 5) is 23.0. The van der Waals surface area contributed by atoms with Gasteiger partial charge in [-0.2, -0.15) is 0 Å². The molecule has 0 aromatic heterocycles. The highest BCUT2D eigenvalue weighted by atomic mass is 16.4. The number of aliphatic carboxylic acids is 1. The third-order valence-corrected chi connectivity index (χ3v) is 3.91. The molecule has 1 atom stereocenters. The molecule has 0 aromatic rings. The molecular weight excluding hydrogens is 244 g/mol. The van der Waals surface area contributed by atoms with E-state index in [0.29, 0.717) is 6.54 Å². The standard InChI is InChI=1S/C14H26N2O3/c1-3-4-14(5-7-15-8-6-14)13(19)16-10-11(2)9-12(17)18/h11,15H,3-10H2,1-2H3,(H,16,19)(H,17,18). The van der Waals surface area contributed by atoms with E-state index in [2.05, 4.69) is 17.6 Å². The lowest BCUT2D eigenvalue weighted by atomic mass is 9.74. The van der Waals surface area contributed by atoms with Crippen LogP contribution in [0.15, 0.2) is 0 Å². The molecule has 5 heteroatoms. The minimum atomic E-state index is -0.813. The van der Waals surface area contributed by atoms with Crippen molar-refractivity contribution in [3.05, 3.63) is 0 Å². The second-order valence-electron chi connectivity index (χ2n) is 5.69. The van der Waals surface area contributed by atoms with E-state index >= 15 is 0 Å². The fraction of sp³-hybridized carbons (Fsp3) is 0.857. The minimum absolute atomic E-state index is 0.0261. The van der Waals surface area contributed by atoms with Crippen LogP contribution in [0.4, 0.5) is 0 Å². The number of carboxylic acids is 1. The average Bonchev–Trinajstić information content (AvgIpc) is 2.36. The Labute approximate surface area is 115 Å².